The van der Waals surface area contributed by atoms with Crippen molar-refractivity contribution in [3.63, 3.8) is 0 Å². The number of aromatic nitrogens is 1. The predicted octanol–water partition coefficient (Wildman–Crippen LogP) is 2.34. The van der Waals surface area contributed by atoms with E-state index in [-0.39, 0.29) is 24.5 Å². The number of nitrogens with one attached hydrogen (secondary N) is 1. The normalized spacial score (nSPS) is 24.0. The number of amides is 2. The second-order valence-corrected chi connectivity index (χ2v) is 7.61. The summed E-state index contributed by atoms with van der Waals surface area (Å²) in [7, 11) is 1.54. The van der Waals surface area contributed by atoms with Crippen LogP contribution < -0.4 is 5.32 Å². The van der Waals surface area contributed by atoms with Gasteiger partial charge in [-0.15, -0.1) is 0 Å². The molecule has 3 atom stereocenters. The number of methoxy groups -OCH3 is 1. The van der Waals surface area contributed by atoms with Gasteiger partial charge in [0.05, 0.1) is 6.20 Å². The zero-order valence-electron chi connectivity index (χ0n) is 16.0. The van der Waals surface area contributed by atoms with Gasteiger partial charge < -0.3 is 19.4 Å². The Labute approximate surface area is 164 Å². The van der Waals surface area contributed by atoms with Gasteiger partial charge in [-0.25, -0.2) is 4.98 Å². The summed E-state index contributed by atoms with van der Waals surface area (Å²) in [5, 5.41) is 3.21. The molecule has 2 amide bonds. The van der Waals surface area contributed by atoms with Crippen LogP contribution in [0.3, 0.4) is 0 Å². The Bertz CT molecular complexity index is 819. The van der Waals surface area contributed by atoms with E-state index in [9.17, 15) is 9.59 Å². The van der Waals surface area contributed by atoms with Gasteiger partial charge in [0.15, 0.2) is 12.2 Å². The number of oxazole rings is 1. The lowest BCUT2D eigenvalue weighted by molar-refractivity contribution is -0.134. The van der Waals surface area contributed by atoms with Crippen LogP contribution in [0.1, 0.15) is 29.6 Å². The highest BCUT2D eigenvalue weighted by Gasteiger charge is 2.42. The predicted molar refractivity (Wildman–Crippen MR) is 102 cm³/mol. The molecule has 0 spiro atoms. The minimum atomic E-state index is -0.0727. The molecule has 2 heterocycles. The summed E-state index contributed by atoms with van der Waals surface area (Å²) in [4.78, 5) is 30.7. The second-order valence-electron chi connectivity index (χ2n) is 7.61. The van der Waals surface area contributed by atoms with Crippen LogP contribution in [-0.4, -0.2) is 54.5 Å². The number of carbonyl (C=O) groups is 2. The molecule has 4 rings (SSSR count). The van der Waals surface area contributed by atoms with Crippen molar-refractivity contribution in [1.82, 2.24) is 15.2 Å². The lowest BCUT2D eigenvalue weighted by atomic mass is 9.78. The van der Waals surface area contributed by atoms with Crippen LogP contribution in [0.4, 0.5) is 0 Å². The molecule has 7 heteroatoms. The van der Waals surface area contributed by atoms with Crippen molar-refractivity contribution in [3.8, 4) is 11.3 Å². The van der Waals surface area contributed by atoms with Crippen molar-refractivity contribution < 1.29 is 18.7 Å². The van der Waals surface area contributed by atoms with E-state index in [1.165, 1.54) is 13.5 Å². The highest BCUT2D eigenvalue weighted by atomic mass is 16.5. The van der Waals surface area contributed by atoms with Crippen LogP contribution in [0.25, 0.3) is 11.3 Å². The van der Waals surface area contributed by atoms with Crippen LogP contribution in [0.2, 0.25) is 0 Å². The first-order chi connectivity index (χ1) is 13.7. The molecule has 0 radical (unpaired) electrons. The molecule has 2 fully saturated rings. The Morgan fingerprint density at radius 3 is 2.79 bits per heavy atom. The first-order valence-electron chi connectivity index (χ1n) is 9.72. The maximum Gasteiger partial charge on any atom is 0.251 e. The van der Waals surface area contributed by atoms with Crippen molar-refractivity contribution in [3.05, 3.63) is 42.4 Å². The van der Waals surface area contributed by atoms with Gasteiger partial charge in [0.1, 0.15) is 6.61 Å². The molecule has 1 N–H and O–H groups in total. The Balaban J connectivity index is 1.40. The second kappa shape index (κ2) is 8.14. The van der Waals surface area contributed by atoms with Crippen LogP contribution in [0, 0.1) is 11.8 Å². The van der Waals surface area contributed by atoms with Gasteiger partial charge in [0.2, 0.25) is 5.91 Å². The van der Waals surface area contributed by atoms with Crippen molar-refractivity contribution >= 4 is 11.8 Å². The molecule has 28 heavy (non-hydrogen) atoms. The lowest BCUT2D eigenvalue weighted by Crippen LogP contribution is -2.45. The van der Waals surface area contributed by atoms with Gasteiger partial charge in [-0.05, 0) is 30.9 Å². The third-order valence-corrected chi connectivity index (χ3v) is 5.90. The number of ether oxygens (including phenoxy) is 1. The summed E-state index contributed by atoms with van der Waals surface area (Å²) in [6, 6.07) is 7.42. The molecule has 0 bridgehead atoms. The summed E-state index contributed by atoms with van der Waals surface area (Å²) >= 11 is 0. The number of fused-ring (bicyclic) bond motifs is 1. The maximum atomic E-state index is 12.8. The quantitative estimate of drug-likeness (QED) is 0.857. The van der Waals surface area contributed by atoms with Gasteiger partial charge >= 0.3 is 0 Å². The number of likely N-dealkylation sites (tertiary alicyclic amines) is 1. The molecule has 2 aliphatic rings. The van der Waals surface area contributed by atoms with E-state index < -0.39 is 0 Å². The van der Waals surface area contributed by atoms with Crippen molar-refractivity contribution in [2.45, 2.75) is 25.3 Å². The molecule has 1 aliphatic heterocycles. The van der Waals surface area contributed by atoms with Crippen LogP contribution in [0.5, 0.6) is 0 Å². The van der Waals surface area contributed by atoms with Gasteiger partial charge in [0.25, 0.3) is 5.91 Å². The Kier molecular flexibility index (Phi) is 5.43. The fourth-order valence-corrected chi connectivity index (χ4v) is 4.47. The number of hydrogen-bond donors (Lipinski definition) is 1. The number of nitrogens with zero attached hydrogens (tertiary/aromatic N) is 2. The standard InChI is InChI=1S/C21H25N3O4/c1-27-12-20(25)24-10-16-3-2-4-18(17(16)11-24)23-21(26)15-7-5-14(6-8-15)19-9-22-13-28-19/h5-9,13,16-18H,2-4,10-12H2,1H3,(H,23,26)/t16-,17+,18-/m0/s1. The summed E-state index contributed by atoms with van der Waals surface area (Å²) < 4.78 is 10.3. The fourth-order valence-electron chi connectivity index (χ4n) is 4.47. The molecule has 1 aromatic carbocycles. The number of rotatable bonds is 5. The van der Waals surface area contributed by atoms with Crippen LogP contribution >= 0.6 is 0 Å². The zero-order chi connectivity index (χ0) is 19.5. The van der Waals surface area contributed by atoms with E-state index in [1.54, 1.807) is 18.3 Å². The Morgan fingerprint density at radius 2 is 2.07 bits per heavy atom. The number of hydrogen-bond acceptors (Lipinski definition) is 5. The molecular formula is C21H25N3O4. The monoisotopic (exact) mass is 383 g/mol. The van der Waals surface area contributed by atoms with E-state index in [4.69, 9.17) is 9.15 Å². The van der Waals surface area contributed by atoms with Crippen molar-refractivity contribution in [2.75, 3.05) is 26.8 Å². The smallest absolute Gasteiger partial charge is 0.251 e. The van der Waals surface area contributed by atoms with Crippen LogP contribution in [-0.2, 0) is 9.53 Å². The van der Waals surface area contributed by atoms with E-state index in [0.717, 1.165) is 31.4 Å². The molecule has 0 unspecified atom stereocenters. The number of benzene rings is 1. The average molecular weight is 383 g/mol. The minimum absolute atomic E-state index is 0.0324. The summed E-state index contributed by atoms with van der Waals surface area (Å²) in [6.45, 7) is 1.58. The first kappa shape index (κ1) is 18.7. The van der Waals surface area contributed by atoms with E-state index in [1.807, 2.05) is 17.0 Å². The van der Waals surface area contributed by atoms with Crippen molar-refractivity contribution in [2.24, 2.45) is 11.8 Å². The Morgan fingerprint density at radius 1 is 1.25 bits per heavy atom. The molecule has 7 nitrogen and oxygen atoms in total. The minimum Gasteiger partial charge on any atom is -0.444 e. The van der Waals surface area contributed by atoms with Gasteiger partial charge in [-0.1, -0.05) is 18.6 Å². The van der Waals surface area contributed by atoms with E-state index in [2.05, 4.69) is 10.3 Å². The van der Waals surface area contributed by atoms with E-state index in [0.29, 0.717) is 29.7 Å². The fraction of sp³-hybridized carbons (Fsp3) is 0.476. The van der Waals surface area contributed by atoms with Gasteiger partial charge in [-0.2, -0.15) is 0 Å². The molecule has 2 aromatic rings. The van der Waals surface area contributed by atoms with Gasteiger partial charge in [0, 0.05) is 43.3 Å². The third-order valence-electron chi connectivity index (χ3n) is 5.90. The molecule has 1 saturated heterocycles. The van der Waals surface area contributed by atoms with Crippen molar-refractivity contribution in [1.29, 1.82) is 0 Å². The molecule has 1 aromatic heterocycles. The van der Waals surface area contributed by atoms with Gasteiger partial charge in [-0.3, -0.25) is 9.59 Å². The zero-order valence-corrected chi connectivity index (χ0v) is 16.0. The average Bonchev–Trinajstić information content (AvgIpc) is 3.39. The van der Waals surface area contributed by atoms with Crippen LogP contribution in [0.15, 0.2) is 41.3 Å². The largest absolute Gasteiger partial charge is 0.444 e. The third kappa shape index (κ3) is 3.80. The maximum absolute atomic E-state index is 12.8. The Hall–Kier alpha value is -2.67. The van der Waals surface area contributed by atoms with E-state index >= 15 is 0 Å². The highest BCUT2D eigenvalue weighted by Crippen LogP contribution is 2.36. The molecule has 1 aliphatic carbocycles. The summed E-state index contributed by atoms with van der Waals surface area (Å²) in [5.74, 6) is 1.40. The lowest BCUT2D eigenvalue weighted by Gasteiger charge is -2.33. The number of carbonyl (C=O) groups excluding carboxylic acids is 2. The molecular weight excluding hydrogens is 358 g/mol. The SMILES string of the molecule is COCC(=O)N1C[C@@H]2CCC[C@H](NC(=O)c3ccc(-c4cnco4)cc3)[C@@H]2C1. The summed E-state index contributed by atoms with van der Waals surface area (Å²) in [5.41, 5.74) is 1.51. The molecule has 148 valence electrons. The topological polar surface area (TPSA) is 84.7 Å². The summed E-state index contributed by atoms with van der Waals surface area (Å²) in [6.07, 6.45) is 6.17. The first-order valence-corrected chi connectivity index (χ1v) is 9.72. The molecule has 1 saturated carbocycles. The highest BCUT2D eigenvalue weighted by molar-refractivity contribution is 5.94.